The Labute approximate surface area is 119 Å². The van der Waals surface area contributed by atoms with E-state index in [1.807, 2.05) is 6.07 Å². The van der Waals surface area contributed by atoms with E-state index < -0.39 is 0 Å². The van der Waals surface area contributed by atoms with E-state index in [1.54, 1.807) is 12.5 Å². The molecule has 4 heteroatoms. The molecule has 0 amide bonds. The molecule has 1 aromatic heterocycles. The van der Waals surface area contributed by atoms with Crippen LogP contribution in [-0.4, -0.2) is 28.0 Å². The van der Waals surface area contributed by atoms with Crippen LogP contribution in [0.1, 0.15) is 24.1 Å². The van der Waals surface area contributed by atoms with Gasteiger partial charge in [0.1, 0.15) is 6.33 Å². The molecule has 0 spiro atoms. The van der Waals surface area contributed by atoms with Crippen LogP contribution in [0, 0.1) is 0 Å². The molecule has 1 fully saturated rings. The third kappa shape index (κ3) is 3.54. The Morgan fingerprint density at radius 1 is 1.15 bits per heavy atom. The third-order valence-corrected chi connectivity index (χ3v) is 3.65. The van der Waals surface area contributed by atoms with Gasteiger partial charge in [-0.1, -0.05) is 12.1 Å². The highest BCUT2D eigenvalue weighted by Crippen LogP contribution is 2.16. The van der Waals surface area contributed by atoms with E-state index in [0.29, 0.717) is 0 Å². The molecular formula is C16H20N4. The maximum absolute atomic E-state index is 4.22. The predicted molar refractivity (Wildman–Crippen MR) is 80.3 cm³/mol. The number of hydrogen-bond acceptors (Lipinski definition) is 4. The summed E-state index contributed by atoms with van der Waals surface area (Å²) < 4.78 is 0. The molecule has 0 radical (unpaired) electrons. The first kappa shape index (κ1) is 13.1. The van der Waals surface area contributed by atoms with Gasteiger partial charge in [-0.05, 0) is 49.7 Å². The van der Waals surface area contributed by atoms with Crippen molar-refractivity contribution in [3.05, 3.63) is 54.1 Å². The van der Waals surface area contributed by atoms with E-state index in [2.05, 4.69) is 44.5 Å². The highest BCUT2D eigenvalue weighted by molar-refractivity contribution is 5.45. The second-order valence-corrected chi connectivity index (χ2v) is 5.24. The quantitative estimate of drug-likeness (QED) is 0.905. The standard InChI is InChI=1S/C16H20N4/c1-2-9-20(8-1)12-14-4-3-5-15(10-14)18-11-16-6-7-17-13-19-16/h3-7,10,13,18H,1-2,8-9,11-12H2. The minimum absolute atomic E-state index is 0.732. The summed E-state index contributed by atoms with van der Waals surface area (Å²) in [6, 6.07) is 10.6. The fourth-order valence-electron chi connectivity index (χ4n) is 2.59. The van der Waals surface area contributed by atoms with Crippen LogP contribution in [0.3, 0.4) is 0 Å². The summed E-state index contributed by atoms with van der Waals surface area (Å²) in [6.45, 7) is 4.26. The van der Waals surface area contributed by atoms with Crippen molar-refractivity contribution in [3.63, 3.8) is 0 Å². The van der Waals surface area contributed by atoms with Gasteiger partial charge >= 0.3 is 0 Å². The monoisotopic (exact) mass is 268 g/mol. The van der Waals surface area contributed by atoms with Gasteiger partial charge in [0.2, 0.25) is 0 Å². The van der Waals surface area contributed by atoms with Gasteiger partial charge in [-0.25, -0.2) is 9.97 Å². The van der Waals surface area contributed by atoms with Gasteiger partial charge in [0.15, 0.2) is 0 Å². The first-order chi connectivity index (χ1) is 9.90. The van der Waals surface area contributed by atoms with Gasteiger partial charge in [0, 0.05) is 18.4 Å². The van der Waals surface area contributed by atoms with Crippen molar-refractivity contribution < 1.29 is 0 Å². The van der Waals surface area contributed by atoms with Gasteiger partial charge in [0.05, 0.1) is 12.2 Å². The fourth-order valence-corrected chi connectivity index (χ4v) is 2.59. The zero-order valence-corrected chi connectivity index (χ0v) is 11.6. The molecule has 0 aliphatic carbocycles. The summed E-state index contributed by atoms with van der Waals surface area (Å²) >= 11 is 0. The van der Waals surface area contributed by atoms with Gasteiger partial charge in [0.25, 0.3) is 0 Å². The first-order valence-corrected chi connectivity index (χ1v) is 7.20. The van der Waals surface area contributed by atoms with E-state index in [4.69, 9.17) is 0 Å². The van der Waals surface area contributed by atoms with Crippen molar-refractivity contribution in [1.82, 2.24) is 14.9 Å². The molecule has 0 saturated carbocycles. The van der Waals surface area contributed by atoms with Crippen LogP contribution in [0.15, 0.2) is 42.9 Å². The molecule has 2 heterocycles. The lowest BCUT2D eigenvalue weighted by molar-refractivity contribution is 0.331. The van der Waals surface area contributed by atoms with Crippen LogP contribution in [0.25, 0.3) is 0 Å². The molecule has 2 aromatic rings. The Balaban J connectivity index is 1.59. The lowest BCUT2D eigenvalue weighted by Crippen LogP contribution is -2.18. The van der Waals surface area contributed by atoms with E-state index in [1.165, 1.54) is 31.5 Å². The molecule has 1 aliphatic rings. The molecule has 20 heavy (non-hydrogen) atoms. The number of benzene rings is 1. The molecule has 104 valence electrons. The minimum Gasteiger partial charge on any atom is -0.379 e. The van der Waals surface area contributed by atoms with Gasteiger partial charge in [-0.2, -0.15) is 0 Å². The van der Waals surface area contributed by atoms with Crippen molar-refractivity contribution >= 4 is 5.69 Å². The van der Waals surface area contributed by atoms with E-state index in [0.717, 1.165) is 24.5 Å². The summed E-state index contributed by atoms with van der Waals surface area (Å²) in [5.41, 5.74) is 3.53. The van der Waals surface area contributed by atoms with Gasteiger partial charge < -0.3 is 5.32 Å². The lowest BCUT2D eigenvalue weighted by atomic mass is 10.2. The second-order valence-electron chi connectivity index (χ2n) is 5.24. The Morgan fingerprint density at radius 3 is 2.85 bits per heavy atom. The Hall–Kier alpha value is -1.94. The van der Waals surface area contributed by atoms with Crippen LogP contribution in [0.4, 0.5) is 5.69 Å². The van der Waals surface area contributed by atoms with Gasteiger partial charge in [-0.15, -0.1) is 0 Å². The van der Waals surface area contributed by atoms with Crippen LogP contribution < -0.4 is 5.32 Å². The summed E-state index contributed by atoms with van der Waals surface area (Å²) in [5, 5.41) is 3.42. The number of anilines is 1. The lowest BCUT2D eigenvalue weighted by Gasteiger charge is -2.15. The summed E-state index contributed by atoms with van der Waals surface area (Å²) in [7, 11) is 0. The third-order valence-electron chi connectivity index (χ3n) is 3.65. The van der Waals surface area contributed by atoms with Crippen molar-refractivity contribution in [2.24, 2.45) is 0 Å². The number of hydrogen-bond donors (Lipinski definition) is 1. The normalized spacial score (nSPS) is 15.4. The van der Waals surface area contributed by atoms with Crippen LogP contribution in [-0.2, 0) is 13.1 Å². The van der Waals surface area contributed by atoms with Crippen LogP contribution in [0.5, 0.6) is 0 Å². The molecule has 4 nitrogen and oxygen atoms in total. The average Bonchev–Trinajstić information content (AvgIpc) is 3.00. The van der Waals surface area contributed by atoms with Crippen molar-refractivity contribution in [2.75, 3.05) is 18.4 Å². The smallest absolute Gasteiger partial charge is 0.115 e. The zero-order chi connectivity index (χ0) is 13.6. The molecular weight excluding hydrogens is 248 g/mol. The molecule has 1 saturated heterocycles. The molecule has 1 aromatic carbocycles. The molecule has 0 atom stereocenters. The van der Waals surface area contributed by atoms with Crippen molar-refractivity contribution in [3.8, 4) is 0 Å². The number of rotatable bonds is 5. The Bertz CT molecular complexity index is 535. The number of nitrogens with zero attached hydrogens (tertiary/aromatic N) is 3. The topological polar surface area (TPSA) is 41.0 Å². The summed E-state index contributed by atoms with van der Waals surface area (Å²) in [5.74, 6) is 0. The molecule has 1 N–H and O–H groups in total. The SMILES string of the molecule is c1cc(CN2CCCC2)cc(NCc2ccncn2)c1. The Kier molecular flexibility index (Phi) is 4.23. The zero-order valence-electron chi connectivity index (χ0n) is 11.6. The van der Waals surface area contributed by atoms with E-state index in [-0.39, 0.29) is 0 Å². The molecule has 0 unspecified atom stereocenters. The van der Waals surface area contributed by atoms with E-state index in [9.17, 15) is 0 Å². The highest BCUT2D eigenvalue weighted by Gasteiger charge is 2.11. The summed E-state index contributed by atoms with van der Waals surface area (Å²) in [4.78, 5) is 10.7. The fraction of sp³-hybridized carbons (Fsp3) is 0.375. The number of likely N-dealkylation sites (tertiary alicyclic amines) is 1. The maximum atomic E-state index is 4.22. The minimum atomic E-state index is 0.732. The van der Waals surface area contributed by atoms with Crippen LogP contribution >= 0.6 is 0 Å². The molecule has 1 aliphatic heterocycles. The van der Waals surface area contributed by atoms with E-state index >= 15 is 0 Å². The maximum Gasteiger partial charge on any atom is 0.115 e. The molecule has 0 bridgehead atoms. The van der Waals surface area contributed by atoms with Gasteiger partial charge in [-0.3, -0.25) is 4.90 Å². The van der Waals surface area contributed by atoms with Crippen molar-refractivity contribution in [1.29, 1.82) is 0 Å². The van der Waals surface area contributed by atoms with Crippen LogP contribution in [0.2, 0.25) is 0 Å². The number of aromatic nitrogens is 2. The number of nitrogens with one attached hydrogen (secondary N) is 1. The molecule has 3 rings (SSSR count). The average molecular weight is 268 g/mol. The summed E-state index contributed by atoms with van der Waals surface area (Å²) in [6.07, 6.45) is 6.03. The highest BCUT2D eigenvalue weighted by atomic mass is 15.1. The predicted octanol–water partition coefficient (Wildman–Crippen LogP) is 2.68. The largest absolute Gasteiger partial charge is 0.379 e. The first-order valence-electron chi connectivity index (χ1n) is 7.20. The van der Waals surface area contributed by atoms with Crippen molar-refractivity contribution in [2.45, 2.75) is 25.9 Å². The second kappa shape index (κ2) is 6.48. The Morgan fingerprint density at radius 2 is 2.05 bits per heavy atom.